The smallest absolute Gasteiger partial charge is 0.184 e. The third-order valence-electron chi connectivity index (χ3n) is 4.92. The lowest BCUT2D eigenvalue weighted by molar-refractivity contribution is 0.212. The molecular weight excluding hydrogens is 353 g/mol. The summed E-state index contributed by atoms with van der Waals surface area (Å²) in [6, 6.07) is 11.6. The Hall–Kier alpha value is -2.45. The predicted octanol–water partition coefficient (Wildman–Crippen LogP) is 2.05. The molecule has 1 aromatic heterocycles. The molecule has 2 atom stereocenters. The number of furan rings is 1. The van der Waals surface area contributed by atoms with Crippen molar-refractivity contribution < 1.29 is 8.81 Å². The van der Waals surface area contributed by atoms with Crippen LogP contribution in [0.4, 0.5) is 10.1 Å². The second-order valence-corrected chi connectivity index (χ2v) is 7.08. The number of hydrogen-bond acceptors (Lipinski definition) is 5. The van der Waals surface area contributed by atoms with Crippen LogP contribution in [0, 0.1) is 5.82 Å². The van der Waals surface area contributed by atoms with Crippen molar-refractivity contribution >= 4 is 29.2 Å². The molecule has 2 aromatic rings. The Balaban J connectivity index is 1.34. The molecule has 8 heteroatoms. The molecule has 2 fully saturated rings. The van der Waals surface area contributed by atoms with E-state index in [9.17, 15) is 4.39 Å². The van der Waals surface area contributed by atoms with Gasteiger partial charge in [-0.2, -0.15) is 5.10 Å². The number of benzene rings is 1. The fraction of sp³-hybridized carbons (Fsp3) is 0.333. The average molecular weight is 373 g/mol. The summed E-state index contributed by atoms with van der Waals surface area (Å²) in [5.74, 6) is 1.36. The van der Waals surface area contributed by atoms with Crippen molar-refractivity contribution in [3.05, 3.63) is 53.7 Å². The third kappa shape index (κ3) is 3.56. The summed E-state index contributed by atoms with van der Waals surface area (Å²) in [6.07, 6.45) is 2.68. The predicted molar refractivity (Wildman–Crippen MR) is 103 cm³/mol. The molecule has 2 aliphatic rings. The molecule has 0 unspecified atom stereocenters. The largest absolute Gasteiger partial charge is 0.459 e. The van der Waals surface area contributed by atoms with Crippen LogP contribution in [0.2, 0.25) is 0 Å². The maximum atomic E-state index is 13.1. The van der Waals surface area contributed by atoms with Crippen molar-refractivity contribution in [3.8, 4) is 0 Å². The first-order valence-corrected chi connectivity index (χ1v) is 8.93. The minimum Gasteiger partial charge on any atom is -0.459 e. The monoisotopic (exact) mass is 373 g/mol. The molecule has 0 saturated carbocycles. The van der Waals surface area contributed by atoms with Crippen molar-refractivity contribution in [1.82, 2.24) is 10.3 Å². The number of rotatable bonds is 5. The van der Waals surface area contributed by atoms with E-state index in [0.717, 1.165) is 37.5 Å². The van der Waals surface area contributed by atoms with Gasteiger partial charge < -0.3 is 15.1 Å². The van der Waals surface area contributed by atoms with Gasteiger partial charge in [0.05, 0.1) is 12.8 Å². The first kappa shape index (κ1) is 17.0. The molecule has 2 bridgehead atoms. The average Bonchev–Trinajstić information content (AvgIpc) is 3.31. The van der Waals surface area contributed by atoms with Gasteiger partial charge in [0.25, 0.3) is 0 Å². The van der Waals surface area contributed by atoms with Crippen LogP contribution in [0.15, 0.2) is 45.9 Å². The highest BCUT2D eigenvalue weighted by molar-refractivity contribution is 7.80. The maximum Gasteiger partial charge on any atom is 0.184 e. The van der Waals surface area contributed by atoms with Gasteiger partial charge in [-0.25, -0.2) is 4.39 Å². The highest BCUT2D eigenvalue weighted by atomic mass is 32.1. The molecule has 2 aliphatic heterocycles. The number of halogens is 1. The van der Waals surface area contributed by atoms with E-state index >= 15 is 0 Å². The van der Waals surface area contributed by atoms with Gasteiger partial charge in [0.15, 0.2) is 5.11 Å². The number of nitrogens with zero attached hydrogens (tertiary/aromatic N) is 3. The van der Waals surface area contributed by atoms with Crippen molar-refractivity contribution in [2.75, 3.05) is 18.0 Å². The minimum atomic E-state index is -0.194. The summed E-state index contributed by atoms with van der Waals surface area (Å²) in [5, 5.41) is 4.01. The second kappa shape index (κ2) is 7.05. The lowest BCUT2D eigenvalue weighted by Crippen LogP contribution is -2.45. The Kier molecular flexibility index (Phi) is 4.60. The maximum absolute atomic E-state index is 13.1. The molecular formula is C18H20FN5OS. The van der Waals surface area contributed by atoms with Crippen LogP contribution in [0.1, 0.15) is 17.9 Å². The first-order valence-electron chi connectivity index (χ1n) is 8.52. The number of nitrogens with two attached hydrogens (primary N) is 1. The summed E-state index contributed by atoms with van der Waals surface area (Å²) < 4.78 is 18.9. The standard InChI is InChI=1S/C18H20FN5OS/c19-12-1-3-13(4-2-12)24-10-14-7-15(24)9-23(14)11-17-6-5-16(25-17)8-21-22-18(20)26/h1-6,8,14-15H,7,9-11H2,(H3,20,22,26)/t14-,15-/m0/s1. The van der Waals surface area contributed by atoms with E-state index in [4.69, 9.17) is 10.2 Å². The molecule has 0 amide bonds. The number of thiocarbonyl (C=S) groups is 1. The van der Waals surface area contributed by atoms with Gasteiger partial charge in [-0.15, -0.1) is 0 Å². The quantitative estimate of drug-likeness (QED) is 0.475. The van der Waals surface area contributed by atoms with Crippen LogP contribution in [0.5, 0.6) is 0 Å². The lowest BCUT2D eigenvalue weighted by atomic mass is 10.2. The first-order chi connectivity index (χ1) is 12.6. The van der Waals surface area contributed by atoms with Gasteiger partial charge in [-0.3, -0.25) is 10.3 Å². The van der Waals surface area contributed by atoms with E-state index in [2.05, 4.69) is 32.5 Å². The second-order valence-electron chi connectivity index (χ2n) is 6.64. The van der Waals surface area contributed by atoms with Gasteiger partial charge in [-0.1, -0.05) is 0 Å². The van der Waals surface area contributed by atoms with Crippen LogP contribution in [0.25, 0.3) is 0 Å². The van der Waals surface area contributed by atoms with E-state index in [1.54, 1.807) is 6.21 Å². The molecule has 2 saturated heterocycles. The summed E-state index contributed by atoms with van der Waals surface area (Å²) in [7, 11) is 0. The van der Waals surface area contributed by atoms with Crippen molar-refractivity contribution in [1.29, 1.82) is 0 Å². The Bertz CT molecular complexity index is 821. The number of piperazine rings is 1. The van der Waals surface area contributed by atoms with Crippen molar-refractivity contribution in [2.45, 2.75) is 25.0 Å². The van der Waals surface area contributed by atoms with Crippen LogP contribution in [-0.2, 0) is 6.54 Å². The topological polar surface area (TPSA) is 70.0 Å². The Morgan fingerprint density at radius 2 is 2.08 bits per heavy atom. The number of fused-ring (bicyclic) bond motifs is 2. The molecule has 26 heavy (non-hydrogen) atoms. The number of hydrogen-bond donors (Lipinski definition) is 2. The Labute approximate surface area is 156 Å². The zero-order valence-electron chi connectivity index (χ0n) is 14.1. The van der Waals surface area contributed by atoms with Crippen LogP contribution in [-0.4, -0.2) is 41.4 Å². The normalized spacial score (nSPS) is 22.4. The van der Waals surface area contributed by atoms with E-state index in [0.29, 0.717) is 17.8 Å². The van der Waals surface area contributed by atoms with Crippen LogP contribution in [0.3, 0.4) is 0 Å². The highest BCUT2D eigenvalue weighted by Crippen LogP contribution is 2.35. The van der Waals surface area contributed by atoms with Crippen molar-refractivity contribution in [3.63, 3.8) is 0 Å². The third-order valence-corrected chi connectivity index (χ3v) is 5.01. The Morgan fingerprint density at radius 1 is 1.27 bits per heavy atom. The summed E-state index contributed by atoms with van der Waals surface area (Å²) >= 11 is 4.69. The van der Waals surface area contributed by atoms with Gasteiger partial charge in [0.2, 0.25) is 0 Å². The summed E-state index contributed by atoms with van der Waals surface area (Å²) in [5.41, 5.74) is 8.91. The van der Waals surface area contributed by atoms with Gasteiger partial charge >= 0.3 is 0 Å². The minimum absolute atomic E-state index is 0.117. The molecule has 1 aromatic carbocycles. The Morgan fingerprint density at radius 3 is 2.77 bits per heavy atom. The van der Waals surface area contributed by atoms with Gasteiger partial charge in [0, 0.05) is 30.9 Å². The molecule has 0 aliphatic carbocycles. The molecule has 3 heterocycles. The molecule has 136 valence electrons. The molecule has 0 spiro atoms. The zero-order valence-corrected chi connectivity index (χ0v) is 15.0. The van der Waals surface area contributed by atoms with Crippen LogP contribution >= 0.6 is 12.2 Å². The molecule has 6 nitrogen and oxygen atoms in total. The summed E-state index contributed by atoms with van der Waals surface area (Å²) in [6.45, 7) is 2.72. The fourth-order valence-electron chi connectivity index (χ4n) is 3.80. The zero-order chi connectivity index (χ0) is 18.1. The van der Waals surface area contributed by atoms with Gasteiger partial charge in [-0.05, 0) is 55.0 Å². The van der Waals surface area contributed by atoms with E-state index < -0.39 is 0 Å². The molecule has 4 rings (SSSR count). The highest BCUT2D eigenvalue weighted by Gasteiger charge is 2.43. The van der Waals surface area contributed by atoms with Crippen molar-refractivity contribution in [2.24, 2.45) is 10.8 Å². The number of nitrogens with one attached hydrogen (secondary N) is 1. The number of anilines is 1. The molecule has 0 radical (unpaired) electrons. The molecule has 3 N–H and O–H groups in total. The van der Waals surface area contributed by atoms with Crippen LogP contribution < -0.4 is 16.1 Å². The van der Waals surface area contributed by atoms with E-state index in [-0.39, 0.29) is 10.9 Å². The number of likely N-dealkylation sites (tertiary alicyclic amines) is 1. The summed E-state index contributed by atoms with van der Waals surface area (Å²) in [4.78, 5) is 4.82. The SMILES string of the molecule is NC(=S)NN=Cc1ccc(CN2C[C@@H]3C[C@H]2CN3c2ccc(F)cc2)o1. The lowest BCUT2D eigenvalue weighted by Gasteiger charge is -2.35. The van der Waals surface area contributed by atoms with Gasteiger partial charge in [0.1, 0.15) is 17.3 Å². The fourth-order valence-corrected chi connectivity index (χ4v) is 3.85. The number of hydrazone groups is 1. The van der Waals surface area contributed by atoms with E-state index in [1.165, 1.54) is 12.1 Å². The van der Waals surface area contributed by atoms with E-state index in [1.807, 2.05) is 24.3 Å².